The zero-order valence-electron chi connectivity index (χ0n) is 18.1. The first-order valence-corrected chi connectivity index (χ1v) is 12.1. The van der Waals surface area contributed by atoms with E-state index in [9.17, 15) is 35.6 Å². The molecule has 1 atom stereocenters. The lowest BCUT2D eigenvalue weighted by molar-refractivity contribution is -0.131. The maximum atomic E-state index is 13.7. The highest BCUT2D eigenvalue weighted by atomic mass is 35.5. The number of sulfonamides is 1. The number of ketones is 1. The van der Waals surface area contributed by atoms with Crippen LogP contribution in [0.2, 0.25) is 10.0 Å². The summed E-state index contributed by atoms with van der Waals surface area (Å²) in [4.78, 5) is 23.7. The van der Waals surface area contributed by atoms with Gasteiger partial charge < -0.3 is 4.74 Å². The van der Waals surface area contributed by atoms with Gasteiger partial charge in [-0.25, -0.2) is 12.8 Å². The van der Waals surface area contributed by atoms with Crippen molar-refractivity contribution in [1.29, 1.82) is 0 Å². The van der Waals surface area contributed by atoms with Gasteiger partial charge in [-0.15, -0.1) is 0 Å². The molecule has 0 aliphatic carbocycles. The van der Waals surface area contributed by atoms with Crippen LogP contribution in [0.15, 0.2) is 60.7 Å². The number of alkyl halides is 3. The van der Waals surface area contributed by atoms with Crippen molar-refractivity contribution in [3.8, 4) is 11.5 Å². The molecule has 13 heteroatoms. The van der Waals surface area contributed by atoms with Gasteiger partial charge in [-0.05, 0) is 66.2 Å². The summed E-state index contributed by atoms with van der Waals surface area (Å²) in [6, 6.07) is 11.3. The molecule has 0 saturated heterocycles. The van der Waals surface area contributed by atoms with Gasteiger partial charge in [0.1, 0.15) is 17.3 Å². The Labute approximate surface area is 212 Å². The van der Waals surface area contributed by atoms with Gasteiger partial charge in [0.25, 0.3) is 10.0 Å². The standard InChI is InChI=1S/C23H15Cl2F4NO5S/c1-12(31)30-36(33,34)22(23(27,28)29)15-8-16(24)11-18(9-15)35-20-7-4-14(10-19(20)25)21(32)13-2-5-17(26)6-3-13/h2-11,22H,1H3,(H,30,31). The van der Waals surface area contributed by atoms with E-state index in [1.54, 1.807) is 0 Å². The number of halogens is 6. The van der Waals surface area contributed by atoms with Crippen molar-refractivity contribution in [3.63, 3.8) is 0 Å². The van der Waals surface area contributed by atoms with Crippen LogP contribution in [0.25, 0.3) is 0 Å². The van der Waals surface area contributed by atoms with E-state index < -0.39 is 44.5 Å². The Kier molecular flexibility index (Phi) is 7.97. The lowest BCUT2D eigenvalue weighted by atomic mass is 10.0. The molecule has 1 amide bonds. The van der Waals surface area contributed by atoms with Crippen LogP contribution in [-0.2, 0) is 14.8 Å². The Hall–Kier alpha value is -3.15. The lowest BCUT2D eigenvalue weighted by Crippen LogP contribution is -2.39. The van der Waals surface area contributed by atoms with Crippen molar-refractivity contribution in [3.05, 3.63) is 93.2 Å². The molecule has 0 spiro atoms. The summed E-state index contributed by atoms with van der Waals surface area (Å²) < 4.78 is 85.5. The normalized spacial score (nSPS) is 12.6. The quantitative estimate of drug-likeness (QED) is 0.272. The third kappa shape index (κ3) is 6.54. The fourth-order valence-corrected chi connectivity index (χ4v) is 5.04. The van der Waals surface area contributed by atoms with Crippen molar-refractivity contribution in [2.45, 2.75) is 18.3 Å². The van der Waals surface area contributed by atoms with Gasteiger partial charge in [0.2, 0.25) is 11.2 Å². The summed E-state index contributed by atoms with van der Waals surface area (Å²) in [5.74, 6) is -2.56. The van der Waals surface area contributed by atoms with Gasteiger partial charge in [0.05, 0.1) is 5.02 Å². The number of benzene rings is 3. The van der Waals surface area contributed by atoms with E-state index in [-0.39, 0.29) is 32.7 Å². The minimum absolute atomic E-state index is 0.0752. The maximum absolute atomic E-state index is 13.7. The molecule has 0 aliphatic rings. The van der Waals surface area contributed by atoms with Crippen molar-refractivity contribution < 1.29 is 40.3 Å². The molecule has 6 nitrogen and oxygen atoms in total. The predicted molar refractivity (Wildman–Crippen MR) is 124 cm³/mol. The summed E-state index contributed by atoms with van der Waals surface area (Å²) in [5, 5.41) is -3.50. The highest BCUT2D eigenvalue weighted by Gasteiger charge is 2.50. The highest BCUT2D eigenvalue weighted by Crippen LogP contribution is 2.42. The largest absolute Gasteiger partial charge is 0.456 e. The van der Waals surface area contributed by atoms with Gasteiger partial charge in [0.15, 0.2) is 5.78 Å². The maximum Gasteiger partial charge on any atom is 0.411 e. The molecule has 0 aliphatic heterocycles. The van der Waals surface area contributed by atoms with Gasteiger partial charge in [0, 0.05) is 23.1 Å². The molecule has 3 aromatic rings. The van der Waals surface area contributed by atoms with E-state index in [0.717, 1.165) is 37.3 Å². The number of nitrogens with one attached hydrogen (secondary N) is 1. The van der Waals surface area contributed by atoms with Crippen LogP contribution in [0.3, 0.4) is 0 Å². The molecular formula is C23H15Cl2F4NO5S. The van der Waals surface area contributed by atoms with E-state index in [1.807, 2.05) is 0 Å². The van der Waals surface area contributed by atoms with Crippen molar-refractivity contribution in [1.82, 2.24) is 4.72 Å². The van der Waals surface area contributed by atoms with E-state index in [4.69, 9.17) is 27.9 Å². The van der Waals surface area contributed by atoms with E-state index >= 15 is 0 Å². The number of hydrogen-bond acceptors (Lipinski definition) is 5. The van der Waals surface area contributed by atoms with Crippen molar-refractivity contribution in [2.24, 2.45) is 0 Å². The van der Waals surface area contributed by atoms with E-state index in [1.165, 1.54) is 35.1 Å². The molecule has 0 fully saturated rings. The predicted octanol–water partition coefficient (Wildman–Crippen LogP) is 6.23. The molecular weight excluding hydrogens is 549 g/mol. The van der Waals surface area contributed by atoms with Crippen LogP contribution < -0.4 is 9.46 Å². The monoisotopic (exact) mass is 563 g/mol. The molecule has 0 saturated carbocycles. The second-order valence-corrected chi connectivity index (χ2v) is 10.0. The molecule has 36 heavy (non-hydrogen) atoms. The van der Waals surface area contributed by atoms with Crippen LogP contribution in [-0.4, -0.2) is 26.3 Å². The van der Waals surface area contributed by atoms with Crippen LogP contribution in [0.1, 0.15) is 33.7 Å². The van der Waals surface area contributed by atoms with Crippen LogP contribution in [0.4, 0.5) is 17.6 Å². The minimum atomic E-state index is -5.30. The summed E-state index contributed by atoms with van der Waals surface area (Å²) in [6.07, 6.45) is -5.30. The highest BCUT2D eigenvalue weighted by molar-refractivity contribution is 7.90. The van der Waals surface area contributed by atoms with Gasteiger partial charge in [-0.3, -0.25) is 14.3 Å². The fourth-order valence-electron chi connectivity index (χ4n) is 3.22. The smallest absolute Gasteiger partial charge is 0.411 e. The Morgan fingerprint density at radius 1 is 0.944 bits per heavy atom. The third-order valence-electron chi connectivity index (χ3n) is 4.62. The van der Waals surface area contributed by atoms with Crippen LogP contribution in [0, 0.1) is 5.82 Å². The Morgan fingerprint density at radius 3 is 2.11 bits per heavy atom. The van der Waals surface area contributed by atoms with E-state index in [2.05, 4.69) is 0 Å². The molecule has 1 N–H and O–H groups in total. The molecule has 0 aromatic heterocycles. The Bertz CT molecular complexity index is 1430. The fraction of sp³-hybridized carbons (Fsp3) is 0.130. The zero-order valence-corrected chi connectivity index (χ0v) is 20.4. The van der Waals surface area contributed by atoms with Crippen LogP contribution >= 0.6 is 23.2 Å². The molecule has 0 bridgehead atoms. The molecule has 0 radical (unpaired) electrons. The second kappa shape index (κ2) is 10.5. The SMILES string of the molecule is CC(=O)NS(=O)(=O)C(c1cc(Cl)cc(Oc2ccc(C(=O)c3ccc(F)cc3)cc2Cl)c1)C(F)(F)F. The Morgan fingerprint density at radius 2 is 1.56 bits per heavy atom. The van der Waals surface area contributed by atoms with E-state index in [0.29, 0.717) is 0 Å². The number of hydrogen-bond donors (Lipinski definition) is 1. The number of amides is 1. The lowest BCUT2D eigenvalue weighted by Gasteiger charge is -2.21. The van der Waals surface area contributed by atoms with Crippen molar-refractivity contribution >= 4 is 44.9 Å². The van der Waals surface area contributed by atoms with Gasteiger partial charge in [-0.2, -0.15) is 13.2 Å². The topological polar surface area (TPSA) is 89.5 Å². The summed E-state index contributed by atoms with van der Waals surface area (Å²) >= 11 is 12.1. The summed E-state index contributed by atoms with van der Waals surface area (Å²) in [7, 11) is -5.22. The molecule has 0 heterocycles. The first kappa shape index (κ1) is 27.4. The summed E-state index contributed by atoms with van der Waals surface area (Å²) in [6.45, 7) is 0.754. The van der Waals surface area contributed by atoms with Gasteiger partial charge in [-0.1, -0.05) is 23.2 Å². The number of ether oxygens (including phenoxy) is 1. The second-order valence-electron chi connectivity index (χ2n) is 7.43. The van der Waals surface area contributed by atoms with Crippen LogP contribution in [0.5, 0.6) is 11.5 Å². The zero-order chi connectivity index (χ0) is 26.8. The number of carbonyl (C=O) groups is 2. The Balaban J connectivity index is 1.94. The van der Waals surface area contributed by atoms with Crippen molar-refractivity contribution in [2.75, 3.05) is 0 Å². The summed E-state index contributed by atoms with van der Waals surface area (Å²) in [5.41, 5.74) is -0.485. The minimum Gasteiger partial charge on any atom is -0.456 e. The molecule has 3 aromatic carbocycles. The van der Waals surface area contributed by atoms with Gasteiger partial charge >= 0.3 is 6.18 Å². The third-order valence-corrected chi connectivity index (χ3v) is 6.86. The first-order chi connectivity index (χ1) is 16.7. The molecule has 3 rings (SSSR count). The first-order valence-electron chi connectivity index (χ1n) is 9.84. The number of carbonyl (C=O) groups excluding carboxylic acids is 2. The molecule has 190 valence electrons. The average molecular weight is 564 g/mol. The molecule has 1 unspecified atom stereocenters. The number of rotatable bonds is 7. The average Bonchev–Trinajstić information content (AvgIpc) is 2.72.